The quantitative estimate of drug-likeness (QED) is 0.878. The number of benzene rings is 1. The van der Waals surface area contributed by atoms with Crippen molar-refractivity contribution >= 4 is 15.8 Å². The smallest absolute Gasteiger partial charge is 0.339 e. The second-order valence-corrected chi connectivity index (χ2v) is 6.51. The van der Waals surface area contributed by atoms with Gasteiger partial charge in [-0.25, -0.2) is 13.2 Å². The van der Waals surface area contributed by atoms with Crippen molar-refractivity contribution in [3.8, 4) is 5.75 Å². The molecule has 5 nitrogen and oxygen atoms in total. The minimum atomic E-state index is -3.41. The minimum Gasteiger partial charge on any atom is -0.492 e. The summed E-state index contributed by atoms with van der Waals surface area (Å²) >= 11 is 0. The molecule has 18 heavy (non-hydrogen) atoms. The Labute approximate surface area is 105 Å². The molecule has 0 aliphatic heterocycles. The van der Waals surface area contributed by atoms with E-state index in [0.29, 0.717) is 12.5 Å². The summed E-state index contributed by atoms with van der Waals surface area (Å²) < 4.78 is 28.1. The third-order valence-corrected chi connectivity index (χ3v) is 3.89. The van der Waals surface area contributed by atoms with E-state index in [4.69, 9.17) is 9.84 Å². The topological polar surface area (TPSA) is 80.7 Å². The van der Waals surface area contributed by atoms with Gasteiger partial charge in [-0.1, -0.05) is 0 Å². The van der Waals surface area contributed by atoms with E-state index in [-0.39, 0.29) is 16.2 Å². The number of sulfone groups is 1. The number of hydrogen-bond donors (Lipinski definition) is 1. The number of aromatic carboxylic acids is 1. The molecular formula is C12H14O5S. The first-order valence-electron chi connectivity index (χ1n) is 5.58. The molecule has 1 saturated carbocycles. The molecule has 0 radical (unpaired) electrons. The zero-order valence-corrected chi connectivity index (χ0v) is 10.7. The van der Waals surface area contributed by atoms with Crippen molar-refractivity contribution in [3.63, 3.8) is 0 Å². The summed E-state index contributed by atoms with van der Waals surface area (Å²) in [6.07, 6.45) is 3.24. The van der Waals surface area contributed by atoms with Gasteiger partial charge in [0, 0.05) is 6.26 Å². The molecule has 98 valence electrons. The SMILES string of the molecule is CS(=O)(=O)c1ccc(OCC2CC2)c(C(=O)O)c1. The summed E-state index contributed by atoms with van der Waals surface area (Å²) in [5.74, 6) is -0.464. The van der Waals surface area contributed by atoms with Crippen molar-refractivity contribution in [1.82, 2.24) is 0 Å². The van der Waals surface area contributed by atoms with Crippen LogP contribution in [0.15, 0.2) is 23.1 Å². The lowest BCUT2D eigenvalue weighted by Gasteiger charge is -2.09. The third kappa shape index (κ3) is 3.01. The highest BCUT2D eigenvalue weighted by molar-refractivity contribution is 7.90. The van der Waals surface area contributed by atoms with Gasteiger partial charge in [0.15, 0.2) is 9.84 Å². The Hall–Kier alpha value is -1.56. The Kier molecular flexibility index (Phi) is 3.30. The second kappa shape index (κ2) is 4.61. The molecule has 0 saturated heterocycles. The van der Waals surface area contributed by atoms with Gasteiger partial charge in [0.2, 0.25) is 0 Å². The van der Waals surface area contributed by atoms with Crippen LogP contribution >= 0.6 is 0 Å². The summed E-state index contributed by atoms with van der Waals surface area (Å²) in [7, 11) is -3.41. The van der Waals surface area contributed by atoms with Gasteiger partial charge in [0.1, 0.15) is 11.3 Å². The monoisotopic (exact) mass is 270 g/mol. The molecule has 1 aliphatic rings. The Morgan fingerprint density at radius 3 is 2.61 bits per heavy atom. The van der Waals surface area contributed by atoms with Crippen LogP contribution in [0.25, 0.3) is 0 Å². The van der Waals surface area contributed by atoms with Crippen LogP contribution in [-0.4, -0.2) is 32.4 Å². The van der Waals surface area contributed by atoms with E-state index in [0.717, 1.165) is 25.2 Å². The maximum atomic E-state index is 11.4. The van der Waals surface area contributed by atoms with E-state index < -0.39 is 15.8 Å². The van der Waals surface area contributed by atoms with E-state index in [1.54, 1.807) is 0 Å². The highest BCUT2D eigenvalue weighted by Crippen LogP contribution is 2.31. The van der Waals surface area contributed by atoms with Crippen molar-refractivity contribution in [2.75, 3.05) is 12.9 Å². The molecule has 6 heteroatoms. The standard InChI is InChI=1S/C12H14O5S/c1-18(15,16)9-4-5-11(10(6-9)12(13)14)17-7-8-2-3-8/h4-6,8H,2-3,7H2,1H3,(H,13,14). The molecule has 1 fully saturated rings. The number of rotatable bonds is 5. The maximum Gasteiger partial charge on any atom is 0.339 e. The molecule has 1 aromatic rings. The predicted molar refractivity (Wildman–Crippen MR) is 64.7 cm³/mol. The van der Waals surface area contributed by atoms with Crippen LogP contribution in [-0.2, 0) is 9.84 Å². The molecule has 0 amide bonds. The summed E-state index contributed by atoms with van der Waals surface area (Å²) in [5.41, 5.74) is -0.112. The second-order valence-electron chi connectivity index (χ2n) is 4.49. The molecule has 0 bridgehead atoms. The minimum absolute atomic E-state index is 0.0151. The van der Waals surface area contributed by atoms with Gasteiger partial charge in [0.05, 0.1) is 11.5 Å². The number of hydrogen-bond acceptors (Lipinski definition) is 4. The fraction of sp³-hybridized carbons (Fsp3) is 0.417. The molecule has 0 atom stereocenters. The molecular weight excluding hydrogens is 256 g/mol. The van der Waals surface area contributed by atoms with Crippen LogP contribution in [0.2, 0.25) is 0 Å². The summed E-state index contributed by atoms with van der Waals surface area (Å²) in [4.78, 5) is 11.1. The largest absolute Gasteiger partial charge is 0.492 e. The van der Waals surface area contributed by atoms with Crippen molar-refractivity contribution in [3.05, 3.63) is 23.8 Å². The summed E-state index contributed by atoms with van der Waals surface area (Å²) in [6, 6.07) is 3.91. The fourth-order valence-electron chi connectivity index (χ4n) is 1.52. The predicted octanol–water partition coefficient (Wildman–Crippen LogP) is 1.58. The van der Waals surface area contributed by atoms with E-state index in [9.17, 15) is 13.2 Å². The van der Waals surface area contributed by atoms with E-state index >= 15 is 0 Å². The number of carboxylic acids is 1. The highest BCUT2D eigenvalue weighted by atomic mass is 32.2. The summed E-state index contributed by atoms with van der Waals surface area (Å²) in [5, 5.41) is 9.06. The van der Waals surface area contributed by atoms with E-state index in [1.807, 2.05) is 0 Å². The molecule has 0 spiro atoms. The normalized spacial score (nSPS) is 15.4. The fourth-order valence-corrected chi connectivity index (χ4v) is 2.17. The summed E-state index contributed by atoms with van der Waals surface area (Å²) in [6.45, 7) is 0.485. The van der Waals surface area contributed by atoms with Crippen LogP contribution < -0.4 is 4.74 Å². The van der Waals surface area contributed by atoms with Gasteiger partial charge in [-0.15, -0.1) is 0 Å². The lowest BCUT2D eigenvalue weighted by Crippen LogP contribution is -2.07. The van der Waals surface area contributed by atoms with Crippen LogP contribution in [0, 0.1) is 5.92 Å². The van der Waals surface area contributed by atoms with Crippen LogP contribution in [0.1, 0.15) is 23.2 Å². The average Bonchev–Trinajstić information content (AvgIpc) is 3.08. The molecule has 1 aromatic carbocycles. The van der Waals surface area contributed by atoms with Crippen molar-refractivity contribution < 1.29 is 23.1 Å². The zero-order valence-electron chi connectivity index (χ0n) is 9.92. The molecule has 0 heterocycles. The van der Waals surface area contributed by atoms with Gasteiger partial charge in [0.25, 0.3) is 0 Å². The van der Waals surface area contributed by atoms with Crippen molar-refractivity contribution in [2.45, 2.75) is 17.7 Å². The Morgan fingerprint density at radius 2 is 2.11 bits per heavy atom. The van der Waals surface area contributed by atoms with Gasteiger partial charge >= 0.3 is 5.97 Å². The molecule has 0 aromatic heterocycles. The van der Waals surface area contributed by atoms with Crippen LogP contribution in [0.5, 0.6) is 5.75 Å². The van der Waals surface area contributed by atoms with Crippen LogP contribution in [0.4, 0.5) is 0 Å². The highest BCUT2D eigenvalue weighted by Gasteiger charge is 2.23. The molecule has 1 N–H and O–H groups in total. The maximum absolute atomic E-state index is 11.4. The molecule has 0 unspecified atom stereocenters. The van der Waals surface area contributed by atoms with E-state index in [2.05, 4.69) is 0 Å². The Balaban J connectivity index is 2.31. The van der Waals surface area contributed by atoms with Crippen molar-refractivity contribution in [1.29, 1.82) is 0 Å². The Bertz CT molecular complexity index is 572. The lowest BCUT2D eigenvalue weighted by molar-refractivity contribution is 0.0691. The van der Waals surface area contributed by atoms with Gasteiger partial charge in [-0.2, -0.15) is 0 Å². The average molecular weight is 270 g/mol. The molecule has 1 aliphatic carbocycles. The first-order chi connectivity index (χ1) is 8.38. The van der Waals surface area contributed by atoms with Crippen LogP contribution in [0.3, 0.4) is 0 Å². The van der Waals surface area contributed by atoms with Gasteiger partial charge in [-0.3, -0.25) is 0 Å². The number of ether oxygens (including phenoxy) is 1. The molecule has 2 rings (SSSR count). The number of carboxylic acid groups (broad SMARTS) is 1. The van der Waals surface area contributed by atoms with Gasteiger partial charge < -0.3 is 9.84 Å². The van der Waals surface area contributed by atoms with Gasteiger partial charge in [-0.05, 0) is 37.0 Å². The lowest BCUT2D eigenvalue weighted by atomic mass is 10.2. The number of carbonyl (C=O) groups is 1. The zero-order chi connectivity index (χ0) is 13.3. The van der Waals surface area contributed by atoms with E-state index in [1.165, 1.54) is 12.1 Å². The Morgan fingerprint density at radius 1 is 1.44 bits per heavy atom. The first-order valence-corrected chi connectivity index (χ1v) is 7.47. The van der Waals surface area contributed by atoms with Crippen molar-refractivity contribution in [2.24, 2.45) is 5.92 Å². The first kappa shape index (κ1) is 12.9. The third-order valence-electron chi connectivity index (χ3n) is 2.78.